The molecule has 0 amide bonds. The van der Waals surface area contributed by atoms with Crippen molar-refractivity contribution in [3.63, 3.8) is 0 Å². The monoisotopic (exact) mass is 178 g/mol. The van der Waals surface area contributed by atoms with Crippen LogP contribution in [0.1, 0.15) is 6.92 Å². The van der Waals surface area contributed by atoms with Crippen LogP contribution in [0.3, 0.4) is 0 Å². The Balaban J connectivity index is 2.96. The van der Waals surface area contributed by atoms with Crippen molar-refractivity contribution in [2.75, 3.05) is 11.9 Å². The van der Waals surface area contributed by atoms with Gasteiger partial charge >= 0.3 is 0 Å². The molecule has 1 atom stereocenters. The summed E-state index contributed by atoms with van der Waals surface area (Å²) in [6.07, 6.45) is 6.76. The minimum absolute atomic E-state index is 0.163. The minimum atomic E-state index is -0.355. The first-order valence-corrected chi connectivity index (χ1v) is 3.96. The number of rotatable bonds is 2. The first-order chi connectivity index (χ1) is 6.16. The highest BCUT2D eigenvalue weighted by molar-refractivity contribution is 5.41. The molecule has 0 saturated carbocycles. The van der Waals surface area contributed by atoms with E-state index < -0.39 is 0 Å². The number of pyridine rings is 1. The molecule has 0 N–H and O–H groups in total. The fraction of sp³-hybridized carbons (Fsp3) is 0.300. The number of nitrogens with zero attached hydrogens (tertiary/aromatic N) is 2. The molecule has 68 valence electrons. The molecule has 1 heterocycles. The fourth-order valence-electron chi connectivity index (χ4n) is 0.932. The number of halogens is 1. The molecule has 0 aromatic carbocycles. The van der Waals surface area contributed by atoms with Crippen molar-refractivity contribution in [2.45, 2.75) is 13.0 Å². The molecule has 0 bridgehead atoms. The van der Waals surface area contributed by atoms with Crippen LogP contribution in [0.25, 0.3) is 0 Å². The standard InChI is InChI=1S/C10H11FN2/c1-4-8(2)13(3)10-9(11)6-5-7-12-10/h1,5-8H,2-3H3. The van der Waals surface area contributed by atoms with Gasteiger partial charge in [-0.2, -0.15) is 0 Å². The molecule has 0 radical (unpaired) electrons. The fourth-order valence-corrected chi connectivity index (χ4v) is 0.932. The molecule has 1 aromatic rings. The van der Waals surface area contributed by atoms with E-state index in [0.29, 0.717) is 0 Å². The lowest BCUT2D eigenvalue weighted by molar-refractivity contribution is 0.612. The van der Waals surface area contributed by atoms with Crippen LogP contribution in [-0.4, -0.2) is 18.1 Å². The number of hydrogen-bond donors (Lipinski definition) is 0. The summed E-state index contributed by atoms with van der Waals surface area (Å²) in [5.74, 6) is 2.44. The third-order valence-corrected chi connectivity index (χ3v) is 1.90. The zero-order chi connectivity index (χ0) is 9.84. The van der Waals surface area contributed by atoms with Crippen LogP contribution in [0.2, 0.25) is 0 Å². The molecular weight excluding hydrogens is 167 g/mol. The van der Waals surface area contributed by atoms with E-state index in [1.807, 2.05) is 6.92 Å². The third-order valence-electron chi connectivity index (χ3n) is 1.90. The Bertz CT molecular complexity index is 330. The average molecular weight is 178 g/mol. The maximum atomic E-state index is 13.2. The van der Waals surface area contributed by atoms with Gasteiger partial charge in [0.15, 0.2) is 11.6 Å². The summed E-state index contributed by atoms with van der Waals surface area (Å²) in [6, 6.07) is 2.75. The minimum Gasteiger partial charge on any atom is -0.344 e. The summed E-state index contributed by atoms with van der Waals surface area (Å²) >= 11 is 0. The number of aromatic nitrogens is 1. The van der Waals surface area contributed by atoms with E-state index in [2.05, 4.69) is 10.9 Å². The first kappa shape index (κ1) is 9.53. The van der Waals surface area contributed by atoms with Gasteiger partial charge in [0, 0.05) is 13.2 Å². The summed E-state index contributed by atoms with van der Waals surface area (Å²) in [6.45, 7) is 1.81. The molecular formula is C10H11FN2. The van der Waals surface area contributed by atoms with Crippen molar-refractivity contribution in [1.29, 1.82) is 0 Å². The van der Waals surface area contributed by atoms with Gasteiger partial charge in [-0.15, -0.1) is 6.42 Å². The van der Waals surface area contributed by atoms with E-state index in [0.717, 1.165) is 0 Å². The number of hydrogen-bond acceptors (Lipinski definition) is 2. The van der Waals surface area contributed by atoms with Gasteiger partial charge in [-0.25, -0.2) is 9.37 Å². The maximum absolute atomic E-state index is 13.2. The Morgan fingerprint density at radius 2 is 2.38 bits per heavy atom. The SMILES string of the molecule is C#CC(C)N(C)c1ncccc1F. The predicted octanol–water partition coefficient (Wildman–Crippen LogP) is 1.68. The van der Waals surface area contributed by atoms with Crippen molar-refractivity contribution in [3.8, 4) is 12.3 Å². The molecule has 13 heavy (non-hydrogen) atoms. The Hall–Kier alpha value is -1.56. The molecule has 1 unspecified atom stereocenters. The zero-order valence-corrected chi connectivity index (χ0v) is 7.66. The predicted molar refractivity (Wildman–Crippen MR) is 50.9 cm³/mol. The van der Waals surface area contributed by atoms with Crippen molar-refractivity contribution < 1.29 is 4.39 Å². The normalized spacial score (nSPS) is 11.8. The molecule has 0 saturated heterocycles. The molecule has 0 aliphatic carbocycles. The lowest BCUT2D eigenvalue weighted by atomic mass is 10.3. The van der Waals surface area contributed by atoms with Crippen molar-refractivity contribution in [3.05, 3.63) is 24.1 Å². The Morgan fingerprint density at radius 3 is 2.92 bits per heavy atom. The first-order valence-electron chi connectivity index (χ1n) is 3.96. The van der Waals surface area contributed by atoms with Crippen LogP contribution >= 0.6 is 0 Å². The van der Waals surface area contributed by atoms with Gasteiger partial charge in [0.1, 0.15) is 0 Å². The maximum Gasteiger partial charge on any atom is 0.165 e. The van der Waals surface area contributed by atoms with Crippen molar-refractivity contribution in [2.24, 2.45) is 0 Å². The summed E-state index contributed by atoms with van der Waals surface area (Å²) in [7, 11) is 1.72. The highest BCUT2D eigenvalue weighted by Gasteiger charge is 2.11. The average Bonchev–Trinajstić information content (AvgIpc) is 2.16. The van der Waals surface area contributed by atoms with Crippen molar-refractivity contribution >= 4 is 5.82 Å². The summed E-state index contributed by atoms with van der Waals surface area (Å²) in [5, 5.41) is 0. The van der Waals surface area contributed by atoms with Crippen LogP contribution in [-0.2, 0) is 0 Å². The van der Waals surface area contributed by atoms with Gasteiger partial charge < -0.3 is 4.90 Å². The zero-order valence-electron chi connectivity index (χ0n) is 7.66. The van der Waals surface area contributed by atoms with Crippen LogP contribution in [0, 0.1) is 18.2 Å². The Kier molecular flexibility index (Phi) is 2.86. The van der Waals surface area contributed by atoms with Gasteiger partial charge in [0.05, 0.1) is 6.04 Å². The van der Waals surface area contributed by atoms with E-state index in [1.54, 1.807) is 18.0 Å². The van der Waals surface area contributed by atoms with Gasteiger partial charge in [-0.05, 0) is 19.1 Å². The topological polar surface area (TPSA) is 16.1 Å². The quantitative estimate of drug-likeness (QED) is 0.640. The van der Waals surface area contributed by atoms with Crippen LogP contribution in [0.4, 0.5) is 10.2 Å². The van der Waals surface area contributed by atoms with Crippen LogP contribution in [0.5, 0.6) is 0 Å². The lowest BCUT2D eigenvalue weighted by Crippen LogP contribution is -2.28. The molecule has 0 aliphatic heterocycles. The van der Waals surface area contributed by atoms with Gasteiger partial charge in [0.2, 0.25) is 0 Å². The summed E-state index contributed by atoms with van der Waals surface area (Å²) < 4.78 is 13.2. The van der Waals surface area contributed by atoms with Gasteiger partial charge in [-0.3, -0.25) is 0 Å². The highest BCUT2D eigenvalue weighted by Crippen LogP contribution is 2.15. The molecule has 0 aliphatic rings. The summed E-state index contributed by atoms with van der Waals surface area (Å²) in [5.41, 5.74) is 0. The van der Waals surface area contributed by atoms with E-state index in [1.165, 1.54) is 12.3 Å². The smallest absolute Gasteiger partial charge is 0.165 e. The lowest BCUT2D eigenvalue weighted by Gasteiger charge is -2.21. The van der Waals surface area contributed by atoms with E-state index in [9.17, 15) is 4.39 Å². The second kappa shape index (κ2) is 3.90. The molecule has 3 heteroatoms. The van der Waals surface area contributed by atoms with Crippen LogP contribution in [0.15, 0.2) is 18.3 Å². The molecule has 1 rings (SSSR count). The largest absolute Gasteiger partial charge is 0.344 e. The number of terminal acetylenes is 1. The molecule has 0 spiro atoms. The number of anilines is 1. The second-order valence-electron chi connectivity index (χ2n) is 2.76. The molecule has 2 nitrogen and oxygen atoms in total. The van der Waals surface area contributed by atoms with E-state index >= 15 is 0 Å². The molecule has 1 aromatic heterocycles. The van der Waals surface area contributed by atoms with E-state index in [4.69, 9.17) is 6.42 Å². The Labute approximate surface area is 77.4 Å². The third kappa shape index (κ3) is 1.97. The summed E-state index contributed by atoms with van der Waals surface area (Å²) in [4.78, 5) is 5.52. The van der Waals surface area contributed by atoms with Gasteiger partial charge in [-0.1, -0.05) is 5.92 Å². The Morgan fingerprint density at radius 1 is 1.69 bits per heavy atom. The van der Waals surface area contributed by atoms with E-state index in [-0.39, 0.29) is 17.7 Å². The second-order valence-corrected chi connectivity index (χ2v) is 2.76. The highest BCUT2D eigenvalue weighted by atomic mass is 19.1. The molecule has 0 fully saturated rings. The van der Waals surface area contributed by atoms with Gasteiger partial charge in [0.25, 0.3) is 0 Å². The van der Waals surface area contributed by atoms with Crippen molar-refractivity contribution in [1.82, 2.24) is 4.98 Å². The van der Waals surface area contributed by atoms with Crippen LogP contribution < -0.4 is 4.90 Å².